The average molecular weight is 289 g/mol. The smallest absolute Gasteiger partial charge is 0.255 e. The number of piperazine rings is 1. The number of hydrogen-bond donors (Lipinski definition) is 0. The Bertz CT molecular complexity index is 599. The van der Waals surface area contributed by atoms with E-state index in [1.807, 2.05) is 0 Å². The lowest BCUT2D eigenvalue weighted by atomic mass is 10.0. The molecule has 0 bridgehead atoms. The standard InChI is InChI=1S/C15H16FN3O2/c16-14-3-1-2-12(13(14)8-17)15(20)19-5-4-18-6-7-21-10-11(18)9-19/h1-3,11H,4-7,9-10H2. The Morgan fingerprint density at radius 2 is 2.24 bits per heavy atom. The molecule has 2 fully saturated rings. The summed E-state index contributed by atoms with van der Waals surface area (Å²) >= 11 is 0. The number of rotatable bonds is 1. The Hall–Kier alpha value is -1.97. The molecule has 0 N–H and O–H groups in total. The number of halogens is 1. The van der Waals surface area contributed by atoms with Crippen LogP contribution in [0.4, 0.5) is 4.39 Å². The van der Waals surface area contributed by atoms with Crippen LogP contribution in [0, 0.1) is 17.1 Å². The molecule has 2 saturated heterocycles. The fraction of sp³-hybridized carbons (Fsp3) is 0.467. The van der Waals surface area contributed by atoms with Crippen LogP contribution in [0.5, 0.6) is 0 Å². The van der Waals surface area contributed by atoms with Gasteiger partial charge in [0.15, 0.2) is 0 Å². The number of fused-ring (bicyclic) bond motifs is 1. The molecule has 0 aliphatic carbocycles. The third kappa shape index (κ3) is 2.62. The highest BCUT2D eigenvalue weighted by atomic mass is 19.1. The lowest BCUT2D eigenvalue weighted by Crippen LogP contribution is -2.59. The summed E-state index contributed by atoms with van der Waals surface area (Å²) in [5.41, 5.74) is -0.0347. The maximum Gasteiger partial charge on any atom is 0.255 e. The van der Waals surface area contributed by atoms with Crippen molar-refractivity contribution < 1.29 is 13.9 Å². The summed E-state index contributed by atoms with van der Waals surface area (Å²) in [7, 11) is 0. The van der Waals surface area contributed by atoms with Gasteiger partial charge in [-0.1, -0.05) is 6.07 Å². The van der Waals surface area contributed by atoms with Gasteiger partial charge in [-0.25, -0.2) is 4.39 Å². The van der Waals surface area contributed by atoms with E-state index < -0.39 is 5.82 Å². The summed E-state index contributed by atoms with van der Waals surface area (Å²) in [5, 5.41) is 9.04. The molecule has 1 amide bonds. The number of nitriles is 1. The van der Waals surface area contributed by atoms with Crippen molar-refractivity contribution in [1.82, 2.24) is 9.80 Å². The van der Waals surface area contributed by atoms with E-state index in [9.17, 15) is 9.18 Å². The Balaban J connectivity index is 1.80. The van der Waals surface area contributed by atoms with Crippen LogP contribution >= 0.6 is 0 Å². The minimum Gasteiger partial charge on any atom is -0.378 e. The predicted octanol–water partition coefficient (Wildman–Crippen LogP) is 0.854. The lowest BCUT2D eigenvalue weighted by molar-refractivity contribution is -0.0395. The van der Waals surface area contributed by atoms with Crippen LogP contribution in [0.15, 0.2) is 18.2 Å². The van der Waals surface area contributed by atoms with Crippen LogP contribution in [0.2, 0.25) is 0 Å². The van der Waals surface area contributed by atoms with Crippen molar-refractivity contribution in [1.29, 1.82) is 5.26 Å². The molecule has 0 saturated carbocycles. The normalized spacial score (nSPS) is 22.5. The summed E-state index contributed by atoms with van der Waals surface area (Å²) < 4.78 is 19.1. The van der Waals surface area contributed by atoms with Gasteiger partial charge in [0.2, 0.25) is 0 Å². The highest BCUT2D eigenvalue weighted by molar-refractivity contribution is 5.96. The van der Waals surface area contributed by atoms with Crippen molar-refractivity contribution in [2.24, 2.45) is 0 Å². The van der Waals surface area contributed by atoms with Gasteiger partial charge in [0.1, 0.15) is 17.4 Å². The number of carbonyl (C=O) groups is 1. The molecule has 1 unspecified atom stereocenters. The van der Waals surface area contributed by atoms with Crippen molar-refractivity contribution in [2.45, 2.75) is 6.04 Å². The molecule has 0 aromatic heterocycles. The summed E-state index contributed by atoms with van der Waals surface area (Å²) in [5.74, 6) is -0.931. The number of hydrogen-bond acceptors (Lipinski definition) is 4. The zero-order chi connectivity index (χ0) is 14.8. The molecule has 2 aliphatic rings. The van der Waals surface area contributed by atoms with Crippen LogP contribution in [-0.2, 0) is 4.74 Å². The molecular weight excluding hydrogens is 273 g/mol. The second-order valence-corrected chi connectivity index (χ2v) is 5.29. The first-order chi connectivity index (χ1) is 10.2. The van der Waals surface area contributed by atoms with E-state index in [2.05, 4.69) is 4.90 Å². The SMILES string of the molecule is N#Cc1c(F)cccc1C(=O)N1CCN2CCOCC2C1. The molecule has 2 aliphatic heterocycles. The first-order valence-corrected chi connectivity index (χ1v) is 7.00. The third-order valence-electron chi connectivity index (χ3n) is 4.08. The molecule has 21 heavy (non-hydrogen) atoms. The van der Waals surface area contributed by atoms with Gasteiger partial charge in [-0.2, -0.15) is 5.26 Å². The van der Waals surface area contributed by atoms with E-state index in [-0.39, 0.29) is 23.1 Å². The van der Waals surface area contributed by atoms with Gasteiger partial charge in [0.25, 0.3) is 5.91 Å². The number of ether oxygens (including phenoxy) is 1. The highest BCUT2D eigenvalue weighted by Crippen LogP contribution is 2.19. The minimum absolute atomic E-state index is 0.141. The van der Waals surface area contributed by atoms with Gasteiger partial charge in [0, 0.05) is 26.2 Å². The summed E-state index contributed by atoms with van der Waals surface area (Å²) in [6, 6.07) is 6.14. The van der Waals surface area contributed by atoms with Crippen LogP contribution in [-0.4, -0.2) is 61.1 Å². The van der Waals surface area contributed by atoms with Crippen molar-refractivity contribution in [2.75, 3.05) is 39.4 Å². The number of nitrogens with zero attached hydrogens (tertiary/aromatic N) is 3. The molecule has 110 valence electrons. The van der Waals surface area contributed by atoms with Gasteiger partial charge in [-0.3, -0.25) is 9.69 Å². The Morgan fingerprint density at radius 1 is 1.38 bits per heavy atom. The number of carbonyl (C=O) groups excluding carboxylic acids is 1. The summed E-state index contributed by atoms with van der Waals surface area (Å²) in [6.07, 6.45) is 0. The molecule has 5 nitrogen and oxygen atoms in total. The topological polar surface area (TPSA) is 56.6 Å². The highest BCUT2D eigenvalue weighted by Gasteiger charge is 2.32. The molecule has 1 aromatic rings. The first-order valence-electron chi connectivity index (χ1n) is 7.00. The van der Waals surface area contributed by atoms with Crippen LogP contribution < -0.4 is 0 Å². The van der Waals surface area contributed by atoms with Crippen LogP contribution in [0.3, 0.4) is 0 Å². The first kappa shape index (κ1) is 14.0. The number of benzene rings is 1. The monoisotopic (exact) mass is 289 g/mol. The Morgan fingerprint density at radius 3 is 3.05 bits per heavy atom. The second kappa shape index (κ2) is 5.80. The van der Waals surface area contributed by atoms with E-state index in [0.717, 1.165) is 19.7 Å². The van der Waals surface area contributed by atoms with Gasteiger partial charge >= 0.3 is 0 Å². The van der Waals surface area contributed by atoms with Crippen LogP contribution in [0.1, 0.15) is 15.9 Å². The maximum atomic E-state index is 13.6. The quantitative estimate of drug-likeness (QED) is 0.769. The molecule has 0 radical (unpaired) electrons. The maximum absolute atomic E-state index is 13.6. The molecule has 1 aromatic carbocycles. The van der Waals surface area contributed by atoms with E-state index in [1.165, 1.54) is 18.2 Å². The van der Waals surface area contributed by atoms with E-state index in [1.54, 1.807) is 11.0 Å². The Kier molecular flexibility index (Phi) is 3.86. The zero-order valence-corrected chi connectivity index (χ0v) is 11.6. The predicted molar refractivity (Wildman–Crippen MR) is 73.2 cm³/mol. The minimum atomic E-state index is -0.650. The van der Waals surface area contributed by atoms with Crippen LogP contribution in [0.25, 0.3) is 0 Å². The molecule has 3 rings (SSSR count). The van der Waals surface area contributed by atoms with E-state index in [0.29, 0.717) is 19.7 Å². The fourth-order valence-electron chi connectivity index (χ4n) is 2.92. The van der Waals surface area contributed by atoms with Gasteiger partial charge in [-0.05, 0) is 12.1 Å². The van der Waals surface area contributed by atoms with Crippen molar-refractivity contribution >= 4 is 5.91 Å². The van der Waals surface area contributed by atoms with Crippen molar-refractivity contribution in [3.8, 4) is 6.07 Å². The van der Waals surface area contributed by atoms with Crippen molar-refractivity contribution in [3.05, 3.63) is 35.1 Å². The number of morpholine rings is 1. The van der Waals surface area contributed by atoms with Gasteiger partial charge < -0.3 is 9.64 Å². The van der Waals surface area contributed by atoms with Gasteiger partial charge in [-0.15, -0.1) is 0 Å². The Labute approximate surface area is 122 Å². The molecule has 0 spiro atoms. The molecule has 6 heteroatoms. The number of amides is 1. The van der Waals surface area contributed by atoms with E-state index in [4.69, 9.17) is 10.00 Å². The van der Waals surface area contributed by atoms with Crippen molar-refractivity contribution in [3.63, 3.8) is 0 Å². The fourth-order valence-corrected chi connectivity index (χ4v) is 2.92. The summed E-state index contributed by atoms with van der Waals surface area (Å²) in [6.45, 7) is 4.16. The molecule has 1 atom stereocenters. The molecular formula is C15H16FN3O2. The lowest BCUT2D eigenvalue weighted by Gasteiger charge is -2.43. The average Bonchev–Trinajstić information content (AvgIpc) is 2.53. The van der Waals surface area contributed by atoms with Gasteiger partial charge in [0.05, 0.1) is 24.8 Å². The third-order valence-corrected chi connectivity index (χ3v) is 4.08. The zero-order valence-electron chi connectivity index (χ0n) is 11.6. The second-order valence-electron chi connectivity index (χ2n) is 5.29. The summed E-state index contributed by atoms with van der Waals surface area (Å²) in [4.78, 5) is 16.6. The van der Waals surface area contributed by atoms with E-state index >= 15 is 0 Å². The molecule has 2 heterocycles. The largest absolute Gasteiger partial charge is 0.378 e.